The Morgan fingerprint density at radius 1 is 1.22 bits per heavy atom. The zero-order valence-electron chi connectivity index (χ0n) is 15.7. The van der Waals surface area contributed by atoms with Gasteiger partial charge in [0.15, 0.2) is 12.4 Å². The number of rotatable bonds is 6. The fraction of sp³-hybridized carbons (Fsp3) is 0.526. The van der Waals surface area contributed by atoms with E-state index in [0.717, 1.165) is 19.5 Å². The molecule has 0 radical (unpaired) electrons. The van der Waals surface area contributed by atoms with Crippen molar-refractivity contribution >= 4 is 5.91 Å². The molecular weight excluding hydrogens is 351 g/mol. The number of aromatic nitrogens is 2. The summed E-state index contributed by atoms with van der Waals surface area (Å²) in [5.74, 6) is 1.63. The third kappa shape index (κ3) is 5.50. The van der Waals surface area contributed by atoms with E-state index in [-0.39, 0.29) is 24.2 Å². The molecule has 0 bridgehead atoms. The molecule has 0 saturated carbocycles. The molecular formula is C19H25FN4O3. The van der Waals surface area contributed by atoms with Crippen molar-refractivity contribution in [3.63, 3.8) is 0 Å². The van der Waals surface area contributed by atoms with Crippen molar-refractivity contribution in [2.45, 2.75) is 32.7 Å². The van der Waals surface area contributed by atoms with Crippen molar-refractivity contribution in [3.05, 3.63) is 41.8 Å². The summed E-state index contributed by atoms with van der Waals surface area (Å²) in [5, 5.41) is 4.03. The average molecular weight is 376 g/mol. The molecule has 2 aromatic rings. The van der Waals surface area contributed by atoms with Crippen LogP contribution in [0.2, 0.25) is 0 Å². The molecule has 2 heterocycles. The van der Waals surface area contributed by atoms with E-state index in [0.29, 0.717) is 37.1 Å². The minimum atomic E-state index is -0.330. The highest BCUT2D eigenvalue weighted by atomic mass is 19.1. The third-order valence-electron chi connectivity index (χ3n) is 4.46. The minimum absolute atomic E-state index is 0.0474. The van der Waals surface area contributed by atoms with Gasteiger partial charge in [-0.15, -0.1) is 0 Å². The van der Waals surface area contributed by atoms with Crippen LogP contribution in [0.4, 0.5) is 4.39 Å². The standard InChI is InChI=1S/C19H25FN4O3/c1-14(2)19-21-17(22-27-19)12-23-8-3-9-24(11-10-23)18(25)13-26-16-6-4-15(20)5-7-16/h4-7,14H,3,8-13H2,1-2H3. The van der Waals surface area contributed by atoms with Gasteiger partial charge in [0.25, 0.3) is 5.91 Å². The topological polar surface area (TPSA) is 71.7 Å². The molecule has 1 aliphatic rings. The predicted molar refractivity (Wildman–Crippen MR) is 96.8 cm³/mol. The first kappa shape index (κ1) is 19.3. The van der Waals surface area contributed by atoms with Crippen molar-refractivity contribution in [2.24, 2.45) is 0 Å². The molecule has 0 aliphatic carbocycles. The Bertz CT molecular complexity index is 748. The summed E-state index contributed by atoms with van der Waals surface area (Å²) >= 11 is 0. The Morgan fingerprint density at radius 3 is 2.70 bits per heavy atom. The van der Waals surface area contributed by atoms with Gasteiger partial charge in [0, 0.05) is 32.1 Å². The van der Waals surface area contributed by atoms with Gasteiger partial charge in [0.1, 0.15) is 11.6 Å². The minimum Gasteiger partial charge on any atom is -0.484 e. The number of hydrogen-bond acceptors (Lipinski definition) is 6. The molecule has 0 N–H and O–H groups in total. The maximum absolute atomic E-state index is 12.9. The van der Waals surface area contributed by atoms with E-state index in [1.165, 1.54) is 24.3 Å². The van der Waals surface area contributed by atoms with E-state index in [4.69, 9.17) is 9.26 Å². The number of carbonyl (C=O) groups is 1. The third-order valence-corrected chi connectivity index (χ3v) is 4.46. The number of ether oxygens (including phenoxy) is 1. The smallest absolute Gasteiger partial charge is 0.260 e. The van der Waals surface area contributed by atoms with Crippen LogP contribution in [0, 0.1) is 5.82 Å². The van der Waals surface area contributed by atoms with Crippen LogP contribution in [0.1, 0.15) is 37.9 Å². The molecule has 1 aromatic carbocycles. The number of amides is 1. The summed E-state index contributed by atoms with van der Waals surface area (Å²) < 4.78 is 23.6. The Morgan fingerprint density at radius 2 is 2.00 bits per heavy atom. The summed E-state index contributed by atoms with van der Waals surface area (Å²) in [7, 11) is 0. The van der Waals surface area contributed by atoms with Crippen molar-refractivity contribution < 1.29 is 18.4 Å². The number of carbonyl (C=O) groups excluding carboxylic acids is 1. The predicted octanol–water partition coefficient (Wildman–Crippen LogP) is 2.45. The van der Waals surface area contributed by atoms with E-state index in [2.05, 4.69) is 15.0 Å². The van der Waals surface area contributed by atoms with Crippen LogP contribution in [0.5, 0.6) is 5.75 Å². The van der Waals surface area contributed by atoms with Gasteiger partial charge in [-0.25, -0.2) is 4.39 Å². The first-order valence-corrected chi connectivity index (χ1v) is 9.22. The van der Waals surface area contributed by atoms with Crippen molar-refractivity contribution in [1.82, 2.24) is 19.9 Å². The van der Waals surface area contributed by atoms with Crippen LogP contribution in [-0.2, 0) is 11.3 Å². The zero-order valence-corrected chi connectivity index (χ0v) is 15.7. The van der Waals surface area contributed by atoms with Crippen LogP contribution in [0.3, 0.4) is 0 Å². The van der Waals surface area contributed by atoms with Crippen LogP contribution >= 0.6 is 0 Å². The fourth-order valence-corrected chi connectivity index (χ4v) is 2.91. The number of benzene rings is 1. The van der Waals surface area contributed by atoms with Gasteiger partial charge in [0.2, 0.25) is 5.89 Å². The van der Waals surface area contributed by atoms with Crippen LogP contribution in [0.25, 0.3) is 0 Å². The second-order valence-electron chi connectivity index (χ2n) is 6.96. The van der Waals surface area contributed by atoms with Crippen LogP contribution < -0.4 is 4.74 Å². The van der Waals surface area contributed by atoms with E-state index in [1.54, 1.807) is 4.90 Å². The van der Waals surface area contributed by atoms with E-state index >= 15 is 0 Å². The first-order chi connectivity index (χ1) is 13.0. The highest BCUT2D eigenvalue weighted by molar-refractivity contribution is 5.77. The molecule has 1 fully saturated rings. The Kier molecular flexibility index (Phi) is 6.39. The second kappa shape index (κ2) is 8.94. The summed E-state index contributed by atoms with van der Waals surface area (Å²) in [4.78, 5) is 20.8. The lowest BCUT2D eigenvalue weighted by molar-refractivity contribution is -0.133. The maximum atomic E-state index is 12.9. The van der Waals surface area contributed by atoms with Crippen LogP contribution in [0.15, 0.2) is 28.8 Å². The molecule has 146 valence electrons. The summed E-state index contributed by atoms with van der Waals surface area (Å²) in [6.07, 6.45) is 0.872. The van der Waals surface area contributed by atoms with Gasteiger partial charge >= 0.3 is 0 Å². The highest BCUT2D eigenvalue weighted by Gasteiger charge is 2.21. The maximum Gasteiger partial charge on any atom is 0.260 e. The van der Waals surface area contributed by atoms with Gasteiger partial charge in [-0.05, 0) is 30.7 Å². The summed E-state index contributed by atoms with van der Waals surface area (Å²) in [6.45, 7) is 7.52. The van der Waals surface area contributed by atoms with Gasteiger partial charge < -0.3 is 14.2 Å². The molecule has 1 aromatic heterocycles. The molecule has 1 amide bonds. The average Bonchev–Trinajstić information content (AvgIpc) is 3.00. The molecule has 8 heteroatoms. The largest absolute Gasteiger partial charge is 0.484 e. The lowest BCUT2D eigenvalue weighted by Crippen LogP contribution is -2.38. The number of halogens is 1. The second-order valence-corrected chi connectivity index (χ2v) is 6.96. The van der Waals surface area contributed by atoms with E-state index < -0.39 is 0 Å². The van der Waals surface area contributed by atoms with Gasteiger partial charge in [-0.3, -0.25) is 9.69 Å². The number of nitrogens with zero attached hydrogens (tertiary/aromatic N) is 4. The van der Waals surface area contributed by atoms with E-state index in [1.807, 2.05) is 13.8 Å². The van der Waals surface area contributed by atoms with Gasteiger partial charge in [-0.1, -0.05) is 19.0 Å². The highest BCUT2D eigenvalue weighted by Crippen LogP contribution is 2.14. The first-order valence-electron chi connectivity index (χ1n) is 9.22. The monoisotopic (exact) mass is 376 g/mol. The SMILES string of the molecule is CC(C)c1nc(CN2CCCN(C(=O)COc3ccc(F)cc3)CC2)no1. The Hall–Kier alpha value is -2.48. The number of hydrogen-bond donors (Lipinski definition) is 0. The van der Waals surface area contributed by atoms with Crippen molar-refractivity contribution in [3.8, 4) is 5.75 Å². The molecule has 3 rings (SSSR count). The van der Waals surface area contributed by atoms with Crippen molar-refractivity contribution in [2.75, 3.05) is 32.8 Å². The van der Waals surface area contributed by atoms with Gasteiger partial charge in [0.05, 0.1) is 6.54 Å². The zero-order chi connectivity index (χ0) is 19.2. The van der Waals surface area contributed by atoms with Gasteiger partial charge in [-0.2, -0.15) is 4.98 Å². The molecule has 27 heavy (non-hydrogen) atoms. The van der Waals surface area contributed by atoms with Crippen LogP contribution in [-0.4, -0.2) is 58.6 Å². The molecule has 0 unspecified atom stereocenters. The molecule has 1 saturated heterocycles. The molecule has 0 spiro atoms. The quantitative estimate of drug-likeness (QED) is 0.771. The molecule has 0 atom stereocenters. The normalized spacial score (nSPS) is 15.8. The Labute approximate surface area is 158 Å². The fourth-order valence-electron chi connectivity index (χ4n) is 2.91. The lowest BCUT2D eigenvalue weighted by atomic mass is 10.2. The van der Waals surface area contributed by atoms with Crippen molar-refractivity contribution in [1.29, 1.82) is 0 Å². The molecule has 7 nitrogen and oxygen atoms in total. The van der Waals surface area contributed by atoms with E-state index in [9.17, 15) is 9.18 Å². The lowest BCUT2D eigenvalue weighted by Gasteiger charge is -2.21. The summed E-state index contributed by atoms with van der Waals surface area (Å²) in [5.41, 5.74) is 0. The molecule has 1 aliphatic heterocycles. The Balaban J connectivity index is 1.46. The summed E-state index contributed by atoms with van der Waals surface area (Å²) in [6, 6.07) is 5.66.